The summed E-state index contributed by atoms with van der Waals surface area (Å²) in [7, 11) is 0. The van der Waals surface area contributed by atoms with Crippen molar-refractivity contribution in [3.63, 3.8) is 0 Å². The van der Waals surface area contributed by atoms with Crippen LogP contribution in [0.25, 0.3) is 0 Å². The molecule has 21 heavy (non-hydrogen) atoms. The second-order valence-electron chi connectivity index (χ2n) is 5.30. The highest BCUT2D eigenvalue weighted by molar-refractivity contribution is 5.94. The number of rotatable bonds is 5. The predicted octanol–water partition coefficient (Wildman–Crippen LogP) is 2.19. The summed E-state index contributed by atoms with van der Waals surface area (Å²) < 4.78 is 36.6. The van der Waals surface area contributed by atoms with Crippen LogP contribution in [0.1, 0.15) is 24.8 Å². The molecule has 0 atom stereocenters. The highest BCUT2D eigenvalue weighted by atomic mass is 19.4. The van der Waals surface area contributed by atoms with Gasteiger partial charge in [0.25, 0.3) is 0 Å². The van der Waals surface area contributed by atoms with Crippen molar-refractivity contribution in [2.75, 3.05) is 11.9 Å². The van der Waals surface area contributed by atoms with E-state index in [1.54, 1.807) is 12.1 Å². The highest BCUT2D eigenvalue weighted by Crippen LogP contribution is 2.31. The average molecular weight is 302 g/mol. The lowest BCUT2D eigenvalue weighted by atomic mass is 9.77. The third-order valence-electron chi connectivity index (χ3n) is 3.72. The third kappa shape index (κ3) is 3.95. The normalized spacial score (nSPS) is 17.1. The van der Waals surface area contributed by atoms with Gasteiger partial charge in [-0.05, 0) is 37.0 Å². The van der Waals surface area contributed by atoms with E-state index in [1.165, 1.54) is 12.1 Å². The van der Waals surface area contributed by atoms with E-state index in [9.17, 15) is 23.1 Å². The maximum Gasteiger partial charge on any atom is 0.471 e. The Morgan fingerprint density at radius 3 is 2.57 bits per heavy atom. The van der Waals surface area contributed by atoms with Gasteiger partial charge in [-0.25, -0.2) is 0 Å². The second kappa shape index (κ2) is 6.03. The molecule has 2 rings (SSSR count). The first-order valence-electron chi connectivity index (χ1n) is 6.68. The van der Waals surface area contributed by atoms with Crippen molar-refractivity contribution < 1.29 is 23.1 Å². The fourth-order valence-electron chi connectivity index (χ4n) is 2.24. The summed E-state index contributed by atoms with van der Waals surface area (Å²) in [5, 5.41) is 14.4. The third-order valence-corrected chi connectivity index (χ3v) is 3.72. The van der Waals surface area contributed by atoms with Gasteiger partial charge in [0.15, 0.2) is 0 Å². The Morgan fingerprint density at radius 1 is 1.33 bits per heavy atom. The van der Waals surface area contributed by atoms with Gasteiger partial charge in [-0.3, -0.25) is 4.79 Å². The molecule has 0 aromatic heterocycles. The lowest BCUT2D eigenvalue weighted by molar-refractivity contribution is -0.167. The highest BCUT2D eigenvalue weighted by Gasteiger charge is 2.38. The van der Waals surface area contributed by atoms with Gasteiger partial charge in [-0.15, -0.1) is 0 Å². The van der Waals surface area contributed by atoms with Crippen LogP contribution < -0.4 is 10.6 Å². The number of carbonyl (C=O) groups excluding carboxylic acids is 1. The minimum absolute atomic E-state index is 0.0392. The Hall–Kier alpha value is -1.60. The standard InChI is InChI=1S/C14H17F3N2O2/c15-14(16,17)12(21)19-11-4-1-3-10(7-11)8-18-13(9-20)5-2-6-13/h1,3-4,7,18,20H,2,5-6,8-9H2,(H,19,21). The summed E-state index contributed by atoms with van der Waals surface area (Å²) in [4.78, 5) is 10.9. The van der Waals surface area contributed by atoms with Crippen LogP contribution in [-0.4, -0.2) is 29.3 Å². The lowest BCUT2D eigenvalue weighted by Crippen LogP contribution is -2.53. The Labute approximate surface area is 120 Å². The number of benzene rings is 1. The van der Waals surface area contributed by atoms with Crippen LogP contribution >= 0.6 is 0 Å². The molecule has 1 fully saturated rings. The van der Waals surface area contributed by atoms with Crippen molar-refractivity contribution >= 4 is 11.6 Å². The maximum absolute atomic E-state index is 12.2. The number of hydrogen-bond acceptors (Lipinski definition) is 3. The smallest absolute Gasteiger partial charge is 0.394 e. The molecule has 1 aliphatic rings. The van der Waals surface area contributed by atoms with Gasteiger partial charge < -0.3 is 15.7 Å². The number of halogens is 3. The molecule has 0 unspecified atom stereocenters. The summed E-state index contributed by atoms with van der Waals surface area (Å²) in [5.74, 6) is -1.99. The van der Waals surface area contributed by atoms with Gasteiger partial charge >= 0.3 is 12.1 Å². The van der Waals surface area contributed by atoms with Crippen LogP contribution in [0.2, 0.25) is 0 Å². The fourth-order valence-corrected chi connectivity index (χ4v) is 2.24. The molecule has 1 saturated carbocycles. The topological polar surface area (TPSA) is 61.4 Å². The van der Waals surface area contributed by atoms with Crippen molar-refractivity contribution in [3.05, 3.63) is 29.8 Å². The molecular formula is C14H17F3N2O2. The van der Waals surface area contributed by atoms with Crippen LogP contribution in [0.15, 0.2) is 24.3 Å². The van der Waals surface area contributed by atoms with E-state index in [2.05, 4.69) is 5.32 Å². The van der Waals surface area contributed by atoms with E-state index in [4.69, 9.17) is 0 Å². The van der Waals surface area contributed by atoms with Gasteiger partial charge in [-0.1, -0.05) is 12.1 Å². The van der Waals surface area contributed by atoms with Gasteiger partial charge in [0.2, 0.25) is 0 Å². The molecule has 0 spiro atoms. The first kappa shape index (κ1) is 15.8. The van der Waals surface area contributed by atoms with Crippen molar-refractivity contribution in [1.82, 2.24) is 5.32 Å². The Morgan fingerprint density at radius 2 is 2.05 bits per heavy atom. The monoisotopic (exact) mass is 302 g/mol. The quantitative estimate of drug-likeness (QED) is 0.781. The molecule has 0 aliphatic heterocycles. The van der Waals surface area contributed by atoms with E-state index in [-0.39, 0.29) is 17.8 Å². The SMILES string of the molecule is O=C(Nc1cccc(CNC2(CO)CCC2)c1)C(F)(F)F. The molecule has 1 aromatic rings. The number of aliphatic hydroxyl groups is 1. The lowest BCUT2D eigenvalue weighted by Gasteiger charge is -2.41. The number of alkyl halides is 3. The van der Waals surface area contributed by atoms with Crippen LogP contribution in [0.5, 0.6) is 0 Å². The van der Waals surface area contributed by atoms with Gasteiger partial charge in [0.05, 0.1) is 6.61 Å². The molecule has 1 aromatic carbocycles. The molecular weight excluding hydrogens is 285 g/mol. The molecule has 116 valence electrons. The summed E-state index contributed by atoms with van der Waals surface area (Å²) in [6.45, 7) is 0.466. The minimum Gasteiger partial charge on any atom is -0.394 e. The molecule has 0 bridgehead atoms. The summed E-state index contributed by atoms with van der Waals surface area (Å²) in [6, 6.07) is 6.22. The molecule has 0 saturated heterocycles. The molecule has 3 N–H and O–H groups in total. The van der Waals surface area contributed by atoms with E-state index in [0.29, 0.717) is 6.54 Å². The Bertz CT molecular complexity index is 508. The molecule has 1 amide bonds. The number of hydrogen-bond donors (Lipinski definition) is 3. The first-order chi connectivity index (χ1) is 9.85. The molecule has 7 heteroatoms. The zero-order chi connectivity index (χ0) is 15.5. The van der Waals surface area contributed by atoms with Crippen LogP contribution in [0.4, 0.5) is 18.9 Å². The summed E-state index contributed by atoms with van der Waals surface area (Å²) >= 11 is 0. The van der Waals surface area contributed by atoms with E-state index in [0.717, 1.165) is 24.8 Å². The predicted molar refractivity (Wildman–Crippen MR) is 71.6 cm³/mol. The van der Waals surface area contributed by atoms with Crippen molar-refractivity contribution in [2.45, 2.75) is 37.5 Å². The van der Waals surface area contributed by atoms with Crippen LogP contribution in [0, 0.1) is 0 Å². The molecule has 1 aliphatic carbocycles. The van der Waals surface area contributed by atoms with Crippen molar-refractivity contribution in [1.29, 1.82) is 0 Å². The van der Waals surface area contributed by atoms with E-state index in [1.807, 2.05) is 5.32 Å². The fraction of sp³-hybridized carbons (Fsp3) is 0.500. The van der Waals surface area contributed by atoms with Crippen LogP contribution in [0.3, 0.4) is 0 Å². The maximum atomic E-state index is 12.2. The zero-order valence-corrected chi connectivity index (χ0v) is 11.3. The van der Waals surface area contributed by atoms with E-state index >= 15 is 0 Å². The number of aliphatic hydroxyl groups excluding tert-OH is 1. The minimum atomic E-state index is -4.90. The molecule has 4 nitrogen and oxygen atoms in total. The van der Waals surface area contributed by atoms with Crippen molar-refractivity contribution in [2.24, 2.45) is 0 Å². The van der Waals surface area contributed by atoms with Crippen molar-refractivity contribution in [3.8, 4) is 0 Å². The zero-order valence-electron chi connectivity index (χ0n) is 11.3. The summed E-state index contributed by atoms with van der Waals surface area (Å²) in [5.41, 5.74) is 0.573. The number of carbonyl (C=O) groups is 1. The number of nitrogens with one attached hydrogen (secondary N) is 2. The first-order valence-corrected chi connectivity index (χ1v) is 6.68. The van der Waals surface area contributed by atoms with E-state index < -0.39 is 12.1 Å². The van der Waals surface area contributed by atoms with Gasteiger partial charge in [0, 0.05) is 17.8 Å². The van der Waals surface area contributed by atoms with Crippen LogP contribution in [-0.2, 0) is 11.3 Å². The molecule has 0 heterocycles. The average Bonchev–Trinajstić information content (AvgIpc) is 2.37. The second-order valence-corrected chi connectivity index (χ2v) is 5.30. The Kier molecular flexibility index (Phi) is 4.53. The number of anilines is 1. The largest absolute Gasteiger partial charge is 0.471 e. The molecule has 0 radical (unpaired) electrons. The van der Waals surface area contributed by atoms with Gasteiger partial charge in [-0.2, -0.15) is 13.2 Å². The summed E-state index contributed by atoms with van der Waals surface area (Å²) in [6.07, 6.45) is -2.08. The Balaban J connectivity index is 1.96. The van der Waals surface area contributed by atoms with Gasteiger partial charge in [0.1, 0.15) is 0 Å². The number of amides is 1.